The molecule has 136 valence electrons. The largest absolute Gasteiger partial charge is 0.322 e. The molecule has 1 aliphatic rings. The Kier molecular flexibility index (Phi) is 5.18. The summed E-state index contributed by atoms with van der Waals surface area (Å²) < 4.78 is 0. The first-order valence-electron chi connectivity index (χ1n) is 8.59. The van der Waals surface area contributed by atoms with E-state index in [0.29, 0.717) is 23.8 Å². The number of hydrogen-bond donors (Lipinski definition) is 1. The maximum absolute atomic E-state index is 12.9. The van der Waals surface area contributed by atoms with Crippen LogP contribution in [-0.4, -0.2) is 36.0 Å². The monoisotopic (exact) mass is 371 g/mol. The van der Waals surface area contributed by atoms with Crippen molar-refractivity contribution in [2.75, 3.05) is 23.3 Å². The minimum absolute atomic E-state index is 0.0776. The predicted molar refractivity (Wildman–Crippen MR) is 105 cm³/mol. The summed E-state index contributed by atoms with van der Waals surface area (Å²) in [7, 11) is 0. The van der Waals surface area contributed by atoms with Crippen LogP contribution in [0.2, 0.25) is 5.02 Å². The molecule has 26 heavy (non-hydrogen) atoms. The SMILES string of the molecule is Cc1cccc(N2CCN(C(=O)Nc3cccc(Cl)c3)[C@H](C)C2=O)c1C. The fourth-order valence-electron chi connectivity index (χ4n) is 3.18. The summed E-state index contributed by atoms with van der Waals surface area (Å²) in [5.41, 5.74) is 3.75. The van der Waals surface area contributed by atoms with Crippen LogP contribution in [0.4, 0.5) is 16.2 Å². The van der Waals surface area contributed by atoms with Gasteiger partial charge >= 0.3 is 6.03 Å². The molecule has 1 atom stereocenters. The third-order valence-corrected chi connectivity index (χ3v) is 5.09. The van der Waals surface area contributed by atoms with Gasteiger partial charge in [-0.05, 0) is 56.2 Å². The van der Waals surface area contributed by atoms with Gasteiger partial charge in [-0.15, -0.1) is 0 Å². The molecule has 1 fully saturated rings. The zero-order valence-electron chi connectivity index (χ0n) is 15.1. The molecule has 0 aliphatic carbocycles. The zero-order valence-corrected chi connectivity index (χ0v) is 15.9. The molecule has 1 heterocycles. The number of aryl methyl sites for hydroxylation is 1. The molecular formula is C20H22ClN3O2. The van der Waals surface area contributed by atoms with Gasteiger partial charge < -0.3 is 15.1 Å². The van der Waals surface area contributed by atoms with Gasteiger partial charge in [0.05, 0.1) is 0 Å². The predicted octanol–water partition coefficient (Wildman–Crippen LogP) is 4.23. The number of nitrogens with zero attached hydrogens (tertiary/aromatic N) is 2. The van der Waals surface area contributed by atoms with Crippen LogP contribution in [0.25, 0.3) is 0 Å². The van der Waals surface area contributed by atoms with E-state index < -0.39 is 6.04 Å². The Morgan fingerprint density at radius 3 is 2.62 bits per heavy atom. The summed E-state index contributed by atoms with van der Waals surface area (Å²) in [6, 6.07) is 12.1. The highest BCUT2D eigenvalue weighted by Crippen LogP contribution is 2.26. The van der Waals surface area contributed by atoms with Gasteiger partial charge in [0.15, 0.2) is 0 Å². The molecule has 0 aromatic heterocycles. The van der Waals surface area contributed by atoms with Crippen LogP contribution in [0, 0.1) is 13.8 Å². The molecule has 0 radical (unpaired) electrons. The van der Waals surface area contributed by atoms with Gasteiger partial charge in [-0.3, -0.25) is 4.79 Å². The van der Waals surface area contributed by atoms with Crippen molar-refractivity contribution in [3.8, 4) is 0 Å². The van der Waals surface area contributed by atoms with Crippen molar-refractivity contribution in [3.63, 3.8) is 0 Å². The Balaban J connectivity index is 1.75. The van der Waals surface area contributed by atoms with E-state index in [0.717, 1.165) is 16.8 Å². The van der Waals surface area contributed by atoms with E-state index in [-0.39, 0.29) is 11.9 Å². The number of piperazine rings is 1. The molecule has 2 aromatic carbocycles. The van der Waals surface area contributed by atoms with Crippen molar-refractivity contribution >= 4 is 34.9 Å². The van der Waals surface area contributed by atoms with Crippen LogP contribution in [0.15, 0.2) is 42.5 Å². The van der Waals surface area contributed by atoms with Crippen molar-refractivity contribution in [2.24, 2.45) is 0 Å². The maximum atomic E-state index is 12.9. The second kappa shape index (κ2) is 7.38. The highest BCUT2D eigenvalue weighted by atomic mass is 35.5. The molecule has 0 bridgehead atoms. The second-order valence-corrected chi connectivity index (χ2v) is 6.96. The maximum Gasteiger partial charge on any atom is 0.322 e. The number of halogens is 1. The topological polar surface area (TPSA) is 52.6 Å². The van der Waals surface area contributed by atoms with Gasteiger partial charge in [0.1, 0.15) is 6.04 Å². The third-order valence-electron chi connectivity index (χ3n) is 4.86. The molecule has 1 N–H and O–H groups in total. The summed E-state index contributed by atoms with van der Waals surface area (Å²) in [4.78, 5) is 28.8. The smallest absolute Gasteiger partial charge is 0.311 e. The lowest BCUT2D eigenvalue weighted by molar-refractivity contribution is -0.123. The lowest BCUT2D eigenvalue weighted by Gasteiger charge is -2.39. The van der Waals surface area contributed by atoms with Gasteiger partial charge in [0.25, 0.3) is 0 Å². The van der Waals surface area contributed by atoms with E-state index in [9.17, 15) is 9.59 Å². The molecule has 0 saturated carbocycles. The summed E-state index contributed by atoms with van der Waals surface area (Å²) >= 11 is 5.95. The van der Waals surface area contributed by atoms with Crippen molar-refractivity contribution < 1.29 is 9.59 Å². The van der Waals surface area contributed by atoms with Crippen LogP contribution < -0.4 is 10.2 Å². The Bertz CT molecular complexity index is 853. The fourth-order valence-corrected chi connectivity index (χ4v) is 3.37. The lowest BCUT2D eigenvalue weighted by atomic mass is 10.1. The van der Waals surface area contributed by atoms with Gasteiger partial charge in [0.2, 0.25) is 5.91 Å². The number of benzene rings is 2. The number of hydrogen-bond acceptors (Lipinski definition) is 2. The quantitative estimate of drug-likeness (QED) is 0.859. The van der Waals surface area contributed by atoms with Crippen LogP contribution in [0.5, 0.6) is 0 Å². The average Bonchev–Trinajstić information content (AvgIpc) is 2.60. The number of anilines is 2. The molecule has 1 aliphatic heterocycles. The molecular weight excluding hydrogens is 350 g/mol. The van der Waals surface area contributed by atoms with Gasteiger partial charge in [-0.1, -0.05) is 29.8 Å². The van der Waals surface area contributed by atoms with E-state index in [1.807, 2.05) is 32.0 Å². The minimum atomic E-state index is -0.539. The average molecular weight is 372 g/mol. The van der Waals surface area contributed by atoms with E-state index in [4.69, 9.17) is 11.6 Å². The zero-order chi connectivity index (χ0) is 18.8. The van der Waals surface area contributed by atoms with Crippen molar-refractivity contribution in [1.29, 1.82) is 0 Å². The Morgan fingerprint density at radius 2 is 1.88 bits per heavy atom. The Hall–Kier alpha value is -2.53. The van der Waals surface area contributed by atoms with Crippen LogP contribution >= 0.6 is 11.6 Å². The van der Waals surface area contributed by atoms with Crippen LogP contribution in [0.1, 0.15) is 18.1 Å². The minimum Gasteiger partial charge on any atom is -0.311 e. The van der Waals surface area contributed by atoms with Crippen molar-refractivity contribution in [3.05, 3.63) is 58.6 Å². The van der Waals surface area contributed by atoms with Gasteiger partial charge in [0, 0.05) is 29.5 Å². The first-order chi connectivity index (χ1) is 12.4. The van der Waals surface area contributed by atoms with E-state index in [1.54, 1.807) is 41.0 Å². The first kappa shape index (κ1) is 18.3. The Morgan fingerprint density at radius 1 is 1.15 bits per heavy atom. The number of carbonyl (C=O) groups excluding carboxylic acids is 2. The standard InChI is InChI=1S/C20H22ClN3O2/c1-13-6-4-9-18(14(13)2)24-11-10-23(15(3)19(24)25)20(26)22-17-8-5-7-16(21)12-17/h4-9,12,15H,10-11H2,1-3H3,(H,22,26)/t15-/m1/s1. The Labute approximate surface area is 158 Å². The number of carbonyl (C=O) groups is 2. The van der Waals surface area contributed by atoms with E-state index >= 15 is 0 Å². The van der Waals surface area contributed by atoms with Gasteiger partial charge in [-0.2, -0.15) is 0 Å². The van der Waals surface area contributed by atoms with E-state index in [2.05, 4.69) is 5.32 Å². The third kappa shape index (κ3) is 3.53. The highest BCUT2D eigenvalue weighted by molar-refractivity contribution is 6.30. The summed E-state index contributed by atoms with van der Waals surface area (Å²) in [6.07, 6.45) is 0. The summed E-state index contributed by atoms with van der Waals surface area (Å²) in [6.45, 7) is 6.74. The molecule has 0 spiro atoms. The molecule has 0 unspecified atom stereocenters. The van der Waals surface area contributed by atoms with E-state index in [1.165, 1.54) is 0 Å². The fraction of sp³-hybridized carbons (Fsp3) is 0.300. The number of amides is 3. The van der Waals surface area contributed by atoms with Crippen molar-refractivity contribution in [1.82, 2.24) is 4.90 Å². The number of urea groups is 1. The summed E-state index contributed by atoms with van der Waals surface area (Å²) in [5, 5.41) is 3.36. The summed E-state index contributed by atoms with van der Waals surface area (Å²) in [5.74, 6) is -0.0776. The van der Waals surface area contributed by atoms with Crippen molar-refractivity contribution in [2.45, 2.75) is 26.8 Å². The molecule has 3 rings (SSSR count). The van der Waals surface area contributed by atoms with Crippen LogP contribution in [0.3, 0.4) is 0 Å². The first-order valence-corrected chi connectivity index (χ1v) is 8.97. The molecule has 6 heteroatoms. The molecule has 1 saturated heterocycles. The molecule has 2 aromatic rings. The number of nitrogens with one attached hydrogen (secondary N) is 1. The number of rotatable bonds is 2. The second-order valence-electron chi connectivity index (χ2n) is 6.52. The van der Waals surface area contributed by atoms with Crippen LogP contribution in [-0.2, 0) is 4.79 Å². The highest BCUT2D eigenvalue weighted by Gasteiger charge is 2.35. The normalized spacial score (nSPS) is 17.4. The lowest BCUT2D eigenvalue weighted by Crippen LogP contribution is -2.58. The molecule has 3 amide bonds. The van der Waals surface area contributed by atoms with Gasteiger partial charge in [-0.25, -0.2) is 4.79 Å². The molecule has 5 nitrogen and oxygen atoms in total.